The minimum absolute atomic E-state index is 0.0596. The number of nitrogens with one attached hydrogen (secondary N) is 2. The van der Waals surface area contributed by atoms with Crippen LogP contribution in [0.5, 0.6) is 11.5 Å². The zero-order valence-corrected chi connectivity index (χ0v) is 24.1. The van der Waals surface area contributed by atoms with Gasteiger partial charge in [-0.05, 0) is 72.5 Å². The molecule has 11 heteroatoms. The van der Waals surface area contributed by atoms with E-state index in [9.17, 15) is 13.2 Å². The summed E-state index contributed by atoms with van der Waals surface area (Å²) in [5, 5.41) is 9.66. The number of hydrogen-bond donors (Lipinski definition) is 2. The van der Waals surface area contributed by atoms with Crippen molar-refractivity contribution >= 4 is 27.4 Å². The van der Waals surface area contributed by atoms with Gasteiger partial charge in [0, 0.05) is 18.8 Å². The van der Waals surface area contributed by atoms with Crippen molar-refractivity contribution in [3.05, 3.63) is 84.4 Å². The lowest BCUT2D eigenvalue weighted by atomic mass is 10.0. The smallest absolute Gasteiger partial charge is 0.323 e. The molecule has 210 valence electrons. The third kappa shape index (κ3) is 6.49. The van der Waals surface area contributed by atoms with Crippen LogP contribution in [-0.4, -0.2) is 46.6 Å². The maximum absolute atomic E-state index is 13.3. The number of carbonyl (C=O) groups excluding carboxylic acids is 1. The summed E-state index contributed by atoms with van der Waals surface area (Å²) in [5.74, 6) is 1.15. The first kappa shape index (κ1) is 28.8. The van der Waals surface area contributed by atoms with Crippen molar-refractivity contribution in [3.8, 4) is 17.2 Å². The molecule has 0 bridgehead atoms. The van der Waals surface area contributed by atoms with E-state index < -0.39 is 16.1 Å². The highest BCUT2D eigenvalue weighted by molar-refractivity contribution is 7.89. The molecule has 40 heavy (non-hydrogen) atoms. The van der Waals surface area contributed by atoms with Gasteiger partial charge in [0.1, 0.15) is 18.4 Å². The van der Waals surface area contributed by atoms with E-state index in [4.69, 9.17) is 4.74 Å². The highest BCUT2D eigenvalue weighted by Gasteiger charge is 2.24. The number of carbonyl (C=O) groups is 1. The molecule has 10 nitrogen and oxygen atoms in total. The van der Waals surface area contributed by atoms with Gasteiger partial charge < -0.3 is 15.4 Å². The maximum atomic E-state index is 13.3. The van der Waals surface area contributed by atoms with Gasteiger partial charge >= 0.3 is 6.03 Å². The van der Waals surface area contributed by atoms with E-state index >= 15 is 0 Å². The van der Waals surface area contributed by atoms with E-state index in [1.54, 1.807) is 55.2 Å². The van der Waals surface area contributed by atoms with E-state index in [-0.39, 0.29) is 16.5 Å². The summed E-state index contributed by atoms with van der Waals surface area (Å²) < 4.78 is 35.8. The second-order valence-corrected chi connectivity index (χ2v) is 11.4. The zero-order valence-electron chi connectivity index (χ0n) is 23.2. The highest BCUT2D eigenvalue weighted by atomic mass is 32.2. The van der Waals surface area contributed by atoms with Crippen molar-refractivity contribution in [3.63, 3.8) is 0 Å². The molecule has 2 amide bonds. The molecule has 4 aromatic rings. The molecule has 0 aliphatic rings. The average molecular weight is 563 g/mol. The Hall–Kier alpha value is -4.22. The fraction of sp³-hybridized carbons (Fsp3) is 0.276. The Bertz CT molecular complexity index is 1560. The van der Waals surface area contributed by atoms with Crippen LogP contribution in [0.15, 0.2) is 78.2 Å². The largest absolute Gasteiger partial charge is 0.455 e. The molecule has 0 saturated carbocycles. The maximum Gasteiger partial charge on any atom is 0.323 e. The van der Waals surface area contributed by atoms with Crippen LogP contribution in [0.1, 0.15) is 44.7 Å². The van der Waals surface area contributed by atoms with Crippen LogP contribution in [0.25, 0.3) is 5.69 Å². The van der Waals surface area contributed by atoms with Gasteiger partial charge in [0.25, 0.3) is 0 Å². The first-order valence-corrected chi connectivity index (χ1v) is 14.5. The summed E-state index contributed by atoms with van der Waals surface area (Å²) in [6, 6.07) is 17.0. The molecule has 1 heterocycles. The van der Waals surface area contributed by atoms with Gasteiger partial charge in [0.05, 0.1) is 16.3 Å². The van der Waals surface area contributed by atoms with Gasteiger partial charge in [-0.1, -0.05) is 39.8 Å². The topological polar surface area (TPSA) is 118 Å². The van der Waals surface area contributed by atoms with Gasteiger partial charge in [-0.15, -0.1) is 0 Å². The molecule has 3 aromatic carbocycles. The normalized spacial score (nSPS) is 11.6. The lowest BCUT2D eigenvalue weighted by molar-refractivity contribution is 0.262. The molecular weight excluding hydrogens is 528 g/mol. The van der Waals surface area contributed by atoms with Crippen LogP contribution in [0.2, 0.25) is 0 Å². The van der Waals surface area contributed by atoms with Crippen molar-refractivity contribution in [2.45, 2.75) is 45.4 Å². The lowest BCUT2D eigenvalue weighted by Crippen LogP contribution is -2.30. The summed E-state index contributed by atoms with van der Waals surface area (Å²) in [6.45, 7) is 10.3. The summed E-state index contributed by atoms with van der Waals surface area (Å²) in [4.78, 5) is 17.1. The van der Waals surface area contributed by atoms with E-state index in [1.165, 1.54) is 22.8 Å². The number of urea groups is 1. The Balaban J connectivity index is 1.65. The fourth-order valence-corrected chi connectivity index (χ4v) is 5.70. The third-order valence-electron chi connectivity index (χ3n) is 6.36. The number of amides is 2. The Morgan fingerprint density at radius 2 is 1.70 bits per heavy atom. The van der Waals surface area contributed by atoms with Gasteiger partial charge in [-0.25, -0.2) is 22.9 Å². The number of nitrogens with zero attached hydrogens (tertiary/aromatic N) is 4. The second kappa shape index (κ2) is 12.3. The number of aryl methyl sites for hydroxylation is 1. The second-order valence-electron chi connectivity index (χ2n) is 9.51. The molecule has 2 N–H and O–H groups in total. The van der Waals surface area contributed by atoms with Crippen LogP contribution in [0, 0.1) is 6.92 Å². The van der Waals surface area contributed by atoms with Crippen LogP contribution >= 0.6 is 0 Å². The molecule has 0 atom stereocenters. The standard InChI is InChI=1S/C29H34N6O4S/c1-6-34(7-2)40(37,38)24-13-15-27(39-28-16-21(5)8-14-25(28)20(3)4)26(17-24)33-29(36)32-22-9-11-23(12-10-22)35-19-30-18-31-35/h8-20H,6-7H2,1-5H3,(H2,32,33,36). The predicted octanol–water partition coefficient (Wildman–Crippen LogP) is 6.17. The minimum Gasteiger partial charge on any atom is -0.455 e. The third-order valence-corrected chi connectivity index (χ3v) is 8.41. The van der Waals surface area contributed by atoms with Gasteiger partial charge in [0.15, 0.2) is 5.75 Å². The van der Waals surface area contributed by atoms with E-state index in [0.717, 1.165) is 16.8 Å². The average Bonchev–Trinajstić information content (AvgIpc) is 3.45. The molecular formula is C29H34N6O4S. The van der Waals surface area contributed by atoms with Crippen molar-refractivity contribution < 1.29 is 17.9 Å². The van der Waals surface area contributed by atoms with Crippen LogP contribution < -0.4 is 15.4 Å². The molecule has 0 fully saturated rings. The number of sulfonamides is 1. The minimum atomic E-state index is -3.77. The molecule has 0 spiro atoms. The number of anilines is 2. The monoisotopic (exact) mass is 562 g/mol. The summed E-state index contributed by atoms with van der Waals surface area (Å²) in [7, 11) is -3.77. The van der Waals surface area contributed by atoms with Crippen LogP contribution in [-0.2, 0) is 10.0 Å². The van der Waals surface area contributed by atoms with Gasteiger partial charge in [-0.2, -0.15) is 9.40 Å². The van der Waals surface area contributed by atoms with E-state index in [0.29, 0.717) is 30.3 Å². The van der Waals surface area contributed by atoms with Crippen LogP contribution in [0.3, 0.4) is 0 Å². The summed E-state index contributed by atoms with van der Waals surface area (Å²) in [6.07, 6.45) is 3.02. The molecule has 4 rings (SSSR count). The first-order chi connectivity index (χ1) is 19.1. The Labute approximate surface area is 235 Å². The van der Waals surface area contributed by atoms with Gasteiger partial charge in [-0.3, -0.25) is 0 Å². The van der Waals surface area contributed by atoms with Crippen molar-refractivity contribution in [2.75, 3.05) is 23.7 Å². The highest BCUT2D eigenvalue weighted by Crippen LogP contribution is 2.37. The van der Waals surface area contributed by atoms with Crippen molar-refractivity contribution in [1.29, 1.82) is 0 Å². The Kier molecular flexibility index (Phi) is 8.86. The molecule has 0 saturated heterocycles. The number of rotatable bonds is 10. The fourth-order valence-electron chi connectivity index (χ4n) is 4.22. The SMILES string of the molecule is CCN(CC)S(=O)(=O)c1ccc(Oc2cc(C)ccc2C(C)C)c(NC(=O)Nc2ccc(-n3cncn3)cc2)c1. The quantitative estimate of drug-likeness (QED) is 0.239. The van der Waals surface area contributed by atoms with Crippen molar-refractivity contribution in [2.24, 2.45) is 0 Å². The number of aromatic nitrogens is 3. The zero-order chi connectivity index (χ0) is 28.9. The first-order valence-electron chi connectivity index (χ1n) is 13.1. The number of ether oxygens (including phenoxy) is 1. The molecule has 0 unspecified atom stereocenters. The predicted molar refractivity (Wildman–Crippen MR) is 156 cm³/mol. The Morgan fingerprint density at radius 3 is 2.33 bits per heavy atom. The molecule has 0 aliphatic carbocycles. The van der Waals surface area contributed by atoms with E-state index in [2.05, 4.69) is 34.6 Å². The summed E-state index contributed by atoms with van der Waals surface area (Å²) in [5.41, 5.74) is 3.56. The lowest BCUT2D eigenvalue weighted by Gasteiger charge is -2.21. The molecule has 0 radical (unpaired) electrons. The molecule has 1 aromatic heterocycles. The Morgan fingerprint density at radius 1 is 0.975 bits per heavy atom. The number of benzene rings is 3. The number of hydrogen-bond acceptors (Lipinski definition) is 6. The van der Waals surface area contributed by atoms with Crippen LogP contribution in [0.4, 0.5) is 16.2 Å². The van der Waals surface area contributed by atoms with Gasteiger partial charge in [0.2, 0.25) is 10.0 Å². The van der Waals surface area contributed by atoms with E-state index in [1.807, 2.05) is 25.1 Å². The molecule has 0 aliphatic heterocycles. The van der Waals surface area contributed by atoms with Crippen molar-refractivity contribution in [1.82, 2.24) is 19.1 Å². The summed E-state index contributed by atoms with van der Waals surface area (Å²) >= 11 is 0.